The first-order valence-electron chi connectivity index (χ1n) is 36.8. The van der Waals surface area contributed by atoms with Gasteiger partial charge in [0.1, 0.15) is 6.29 Å². The molecule has 0 bridgehead atoms. The summed E-state index contributed by atoms with van der Waals surface area (Å²) in [6, 6.07) is 40.9. The zero-order valence-corrected chi connectivity index (χ0v) is 104. The van der Waals surface area contributed by atoms with Crippen molar-refractivity contribution in [3.05, 3.63) is 167 Å². The Morgan fingerprint density at radius 3 is 1.16 bits per heavy atom. The Bertz CT molecular complexity index is 5900. The number of aldehydes is 1. The van der Waals surface area contributed by atoms with Crippen molar-refractivity contribution in [2.24, 2.45) is 0 Å². The molecule has 0 fully saturated rings. The van der Waals surface area contributed by atoms with Gasteiger partial charge in [0.25, 0.3) is 0 Å². The summed E-state index contributed by atoms with van der Waals surface area (Å²) in [4.78, 5) is 32.2. The molecule has 0 aromatic heterocycles. The second-order valence-electron chi connectivity index (χ2n) is 22.4. The van der Waals surface area contributed by atoms with E-state index in [0.29, 0.717) is 32.2 Å². The molecule has 6 rings (SSSR count). The molecule has 127 heavy (non-hydrogen) atoms. The molecule has 1 aliphatic carbocycles. The molecule has 0 amide bonds. The van der Waals surface area contributed by atoms with Gasteiger partial charge in [-0.05, 0) is 155 Å². The monoisotopic (exact) mass is 2510 g/mol. The summed E-state index contributed by atoms with van der Waals surface area (Å²) in [5.41, 5.74) is 7.25. The van der Waals surface area contributed by atoms with Crippen LogP contribution in [0.4, 0.5) is 0 Å². The van der Waals surface area contributed by atoms with E-state index in [4.69, 9.17) is 34.0 Å². The first kappa shape index (κ1) is 137. The minimum atomic E-state index is -2.41. The second kappa shape index (κ2) is 118. The van der Waals surface area contributed by atoms with Crippen molar-refractivity contribution in [1.82, 2.24) is 0 Å². The van der Waals surface area contributed by atoms with Crippen molar-refractivity contribution in [3.8, 4) is 60.7 Å². The number of fused-ring (bicyclic) bond motifs is 2. The fourth-order valence-electron chi connectivity index (χ4n) is 8.55. The quantitative estimate of drug-likeness (QED) is 0.0144. The number of carbonyl (C=O) groups excluding carboxylic acids is 3. The lowest BCUT2D eigenvalue weighted by Crippen LogP contribution is -2.09. The van der Waals surface area contributed by atoms with Gasteiger partial charge in [-0.25, -0.2) is 0 Å². The van der Waals surface area contributed by atoms with E-state index in [0.717, 1.165) is 138 Å². The maximum atomic E-state index is 11.9. The Hall–Kier alpha value is 2.00. The average molecular weight is 2510 g/mol. The van der Waals surface area contributed by atoms with Crippen LogP contribution in [0.2, 0.25) is 0 Å². The largest absolute Gasteiger partial charge is 0.396 e. The molecule has 1 aliphatic rings. The summed E-state index contributed by atoms with van der Waals surface area (Å²) in [6.07, 6.45) is 48.3. The zero-order chi connectivity index (χ0) is 94.7. The number of aliphatic hydroxyl groups is 2. The smallest absolute Gasteiger partial charge is 0.204 e. The van der Waals surface area contributed by atoms with Crippen LogP contribution in [-0.4, -0.2) is 54.6 Å². The molecule has 2 N–H and O–H groups in total. The lowest BCUT2D eigenvalue weighted by Gasteiger charge is -2.20. The number of terminal acetylenes is 3. The van der Waals surface area contributed by atoms with Gasteiger partial charge in [-0.1, -0.05) is 165 Å². The molecule has 0 heterocycles. The average Bonchev–Trinajstić information content (AvgIpc) is 0.772. The summed E-state index contributed by atoms with van der Waals surface area (Å²) in [6.45, 7) is 9.83. The van der Waals surface area contributed by atoms with E-state index in [9.17, 15) is 18.9 Å². The molecule has 1 atom stereocenters. The Labute approximate surface area is 893 Å². The maximum Gasteiger partial charge on any atom is 0.204 e. The minimum Gasteiger partial charge on any atom is -0.396 e. The van der Waals surface area contributed by atoms with Gasteiger partial charge in [-0.2, -0.15) is 0 Å². The standard InChI is InChI=1S/C16H16O.C16H18O.C14H16.C10H15O2P.2C7H12O.C7H10O.S12.S11.S10.S9/c1-11(17)16-14-8-4-2-6-12(14)10-13-7-3-5-9-15(13)16;1-15(17)11-7-4-2-3-5-8-12-16-13-9-6-10-14-16;1-2-3-4-5-6-8-11-14-12-9-7-10-13-14;1-3-12-13(2,11)9-10-7-5-4-6-8-10;3*1-2-3-4-5-6-7-8;1-3-5-7-9-11-12-10-8-6-4-2;1-3-5-7-9-11-10-8-6-4-2;1-3-5-7-9-10-8-6-4-2;1-3-5-7-9-8-6-4-2/h2,4,6,8,10H,3,5,7,9H2,1H3;6,8-10,12-14H,2-5H2,1H3;1,7-13H,3-6H2;4-8H,3,9H2,1-2H3;8H,2-3,6-7H2,1H3;1,8H,3-7H2;1,7H,3-6H2;;;;/b;12-8+;11-8+;;;;;;;;. The number of allylic oxidation sites excluding steroid dienone is 2. The molecular formula is C77H99O7PS42. The third-order valence-electron chi connectivity index (χ3n) is 13.2. The summed E-state index contributed by atoms with van der Waals surface area (Å²) >= 11 is 37.3. The highest BCUT2D eigenvalue weighted by Gasteiger charge is 2.19. The highest BCUT2D eigenvalue weighted by atomic mass is 33.5. The maximum absolute atomic E-state index is 11.9. The van der Waals surface area contributed by atoms with Crippen LogP contribution in [0, 0.1) is 60.7 Å². The van der Waals surface area contributed by atoms with Crippen LogP contribution in [0.3, 0.4) is 0 Å². The van der Waals surface area contributed by atoms with Crippen LogP contribution in [-0.2, 0) is 429 Å². The van der Waals surface area contributed by atoms with Gasteiger partial charge in [-0.3, -0.25) is 14.2 Å². The molecular weight excluding hydrogens is 2410 g/mol. The lowest BCUT2D eigenvalue weighted by molar-refractivity contribution is -0.112. The summed E-state index contributed by atoms with van der Waals surface area (Å²) < 4.78 is 16.9. The van der Waals surface area contributed by atoms with Gasteiger partial charge in [0, 0.05) is 468 Å². The number of ketones is 2. The predicted molar refractivity (Wildman–Crippen MR) is 673 cm³/mol. The normalized spacial score (nSPS) is 9.76. The Kier molecular flexibility index (Phi) is 128. The molecule has 0 aliphatic heterocycles. The van der Waals surface area contributed by atoms with Crippen LogP contribution >= 0.6 is 7.37 Å². The summed E-state index contributed by atoms with van der Waals surface area (Å²) in [7, 11) is 51.9. The minimum absolute atomic E-state index is 0.0472. The van der Waals surface area contributed by atoms with Crippen LogP contribution in [0.5, 0.6) is 0 Å². The van der Waals surface area contributed by atoms with E-state index >= 15 is 0 Å². The van der Waals surface area contributed by atoms with Gasteiger partial charge < -0.3 is 19.5 Å². The Morgan fingerprint density at radius 2 is 0.795 bits per heavy atom. The fourth-order valence-corrected chi connectivity index (χ4v) is 81.4. The number of aliphatic hydroxyl groups excluding tert-OH is 2. The first-order valence-corrected chi connectivity index (χ1v) is 89.8. The van der Waals surface area contributed by atoms with E-state index in [2.05, 4.69) is 217 Å². The molecule has 7 nitrogen and oxygen atoms in total. The third kappa shape index (κ3) is 108. The van der Waals surface area contributed by atoms with Gasteiger partial charge in [0.2, 0.25) is 13.2 Å². The van der Waals surface area contributed by atoms with Crippen molar-refractivity contribution < 1.29 is 33.7 Å². The van der Waals surface area contributed by atoms with Crippen molar-refractivity contribution >= 4 is 440 Å². The molecule has 5 aromatic carbocycles. The number of aryl methyl sites for hydroxylation is 1. The number of benzene rings is 5. The molecule has 0 saturated carbocycles. The van der Waals surface area contributed by atoms with Gasteiger partial charge in [0.05, 0.1) is 13.2 Å². The number of carbonyl (C=O) groups is 3. The van der Waals surface area contributed by atoms with Gasteiger partial charge in [-0.15, -0.1) is 48.9 Å². The summed E-state index contributed by atoms with van der Waals surface area (Å²) in [5.74, 6) is 19.1. The fraction of sp³-hybridized carbons (Fsp3) is 0.416. The van der Waals surface area contributed by atoms with Crippen molar-refractivity contribution in [1.29, 1.82) is 0 Å². The van der Waals surface area contributed by atoms with E-state index in [1.807, 2.05) is 73.7 Å². The third-order valence-corrected chi connectivity index (χ3v) is 81.6. The highest BCUT2D eigenvalue weighted by molar-refractivity contribution is 8.76. The van der Waals surface area contributed by atoms with E-state index < -0.39 is 7.37 Å². The number of rotatable bonds is 25. The highest BCUT2D eigenvalue weighted by Crippen LogP contribution is 2.46. The van der Waals surface area contributed by atoms with Crippen molar-refractivity contribution in [3.63, 3.8) is 0 Å². The number of hydrogen-bond donors (Lipinski definition) is 2. The number of hydrogen-bond acceptors (Lipinski definition) is 15. The SMILES string of the molecule is C#CCCCC/C=C/c1ccccc1.C#CCCCCC=O.C#CCCCCCO.CC(=O)C#CCCCC/C=C/c1ccccc1.CC(=O)c1c2c(cc3ccccc13)CCCC2.CCCC#CCCO.CCOP(C)(=O)Cc1ccccc1.S=S=S=S=S=S=S=S=S.S=S=S=S=S=S=S=S=S=S.S=S=S=S=S=S=S=S=S=S=S.S=S=S=S=S=S=S=S=S=S=S=S. The molecule has 706 valence electrons. The molecule has 0 spiro atoms. The number of Topliss-reactive ketones (excluding diaryl/α,β-unsaturated/α-hetero) is 2. The zero-order valence-electron chi connectivity index (χ0n) is 69.3. The van der Waals surface area contributed by atoms with Crippen molar-refractivity contribution in [2.75, 3.05) is 26.5 Å². The molecule has 0 saturated heterocycles. The van der Waals surface area contributed by atoms with Crippen LogP contribution in [0.1, 0.15) is 201 Å². The van der Waals surface area contributed by atoms with E-state index in [1.54, 1.807) is 244 Å². The Balaban J connectivity index is -0.000000434. The van der Waals surface area contributed by atoms with E-state index in [1.165, 1.54) is 125 Å². The molecule has 50 heteroatoms. The predicted octanol–water partition coefficient (Wildman–Crippen LogP) is 18.4. The molecule has 0 radical (unpaired) electrons. The molecule has 1 unspecified atom stereocenters. The lowest BCUT2D eigenvalue weighted by atomic mass is 9.84. The first-order chi connectivity index (χ1) is 62.0. The van der Waals surface area contributed by atoms with Gasteiger partial charge in [0.15, 0.2) is 5.78 Å². The van der Waals surface area contributed by atoms with Crippen LogP contribution < -0.4 is 0 Å². The van der Waals surface area contributed by atoms with Crippen LogP contribution in [0.15, 0.2) is 133 Å². The topological polar surface area (TPSA) is 118 Å². The van der Waals surface area contributed by atoms with Crippen molar-refractivity contribution in [2.45, 2.75) is 182 Å². The number of unbranched alkanes of at least 4 members (excludes halogenated alkanes) is 13. The van der Waals surface area contributed by atoms with Crippen LogP contribution in [0.25, 0.3) is 22.9 Å². The molecule has 5 aromatic rings. The van der Waals surface area contributed by atoms with E-state index in [-0.39, 0.29) is 18.2 Å². The van der Waals surface area contributed by atoms with Gasteiger partial charge >= 0.3 is 0 Å². The summed E-state index contributed by atoms with van der Waals surface area (Å²) in [5, 5.41) is 18.9. The Morgan fingerprint density at radius 1 is 0.433 bits per heavy atom. The second-order valence-corrected chi connectivity index (χ2v) is 85.1.